The molecule has 1 fully saturated rings. The first-order valence-corrected chi connectivity index (χ1v) is 6.25. The summed E-state index contributed by atoms with van der Waals surface area (Å²) < 4.78 is 0. The molecule has 1 saturated carbocycles. The Hall–Kier alpha value is -0.890. The van der Waals surface area contributed by atoms with Gasteiger partial charge >= 0.3 is 0 Å². The Morgan fingerprint density at radius 1 is 1.25 bits per heavy atom. The lowest BCUT2D eigenvalue weighted by Crippen LogP contribution is -2.48. The fourth-order valence-corrected chi connectivity index (χ4v) is 3.38. The summed E-state index contributed by atoms with van der Waals surface area (Å²) in [4.78, 5) is 4.05. The van der Waals surface area contributed by atoms with Gasteiger partial charge in [0.2, 0.25) is 0 Å². The normalized spacial score (nSPS) is 34.9. The molecule has 2 unspecified atom stereocenters. The molecule has 16 heavy (non-hydrogen) atoms. The lowest BCUT2D eigenvalue weighted by atomic mass is 9.70. The third-order valence-electron chi connectivity index (χ3n) is 3.62. The predicted octanol–water partition coefficient (Wildman–Crippen LogP) is 2.78. The van der Waals surface area contributed by atoms with Crippen LogP contribution in [-0.2, 0) is 6.42 Å². The third-order valence-corrected chi connectivity index (χ3v) is 3.62. The average Bonchev–Trinajstić information content (AvgIpc) is 2.15. The lowest BCUT2D eigenvalue weighted by Gasteiger charge is -2.40. The smallest absolute Gasteiger partial charge is 0.0270 e. The Balaban J connectivity index is 2.07. The molecule has 1 aromatic rings. The number of hydrogen-bond acceptors (Lipinski definition) is 2. The van der Waals surface area contributed by atoms with Crippen molar-refractivity contribution in [3.05, 3.63) is 30.1 Å². The highest BCUT2D eigenvalue weighted by Crippen LogP contribution is 2.36. The van der Waals surface area contributed by atoms with Gasteiger partial charge in [-0.2, -0.15) is 0 Å². The summed E-state index contributed by atoms with van der Waals surface area (Å²) >= 11 is 0. The summed E-state index contributed by atoms with van der Waals surface area (Å²) in [6, 6.07) is 4.16. The van der Waals surface area contributed by atoms with Crippen LogP contribution in [-0.4, -0.2) is 10.5 Å². The minimum absolute atomic E-state index is 0.00155. The minimum Gasteiger partial charge on any atom is -0.325 e. The molecular weight excluding hydrogens is 196 g/mol. The number of nitrogens with zero attached hydrogens (tertiary/aromatic N) is 1. The van der Waals surface area contributed by atoms with Crippen LogP contribution >= 0.6 is 0 Å². The second-order valence-corrected chi connectivity index (χ2v) is 5.75. The second kappa shape index (κ2) is 4.54. The number of hydrogen-bond donors (Lipinski definition) is 1. The van der Waals surface area contributed by atoms with Gasteiger partial charge < -0.3 is 5.73 Å². The zero-order valence-electron chi connectivity index (χ0n) is 10.3. The van der Waals surface area contributed by atoms with Crippen molar-refractivity contribution in [2.45, 2.75) is 45.1 Å². The van der Waals surface area contributed by atoms with Crippen LogP contribution in [0.3, 0.4) is 0 Å². The highest BCUT2D eigenvalue weighted by atomic mass is 14.8. The minimum atomic E-state index is -0.00155. The van der Waals surface area contributed by atoms with Crippen molar-refractivity contribution in [1.29, 1.82) is 0 Å². The zero-order chi connectivity index (χ0) is 11.6. The highest BCUT2D eigenvalue weighted by Gasteiger charge is 2.34. The topological polar surface area (TPSA) is 38.9 Å². The van der Waals surface area contributed by atoms with Crippen LogP contribution in [0, 0.1) is 11.8 Å². The molecule has 0 saturated heterocycles. The first-order chi connectivity index (χ1) is 7.57. The molecule has 1 aromatic heterocycles. The van der Waals surface area contributed by atoms with Crippen molar-refractivity contribution in [1.82, 2.24) is 4.98 Å². The Kier molecular flexibility index (Phi) is 3.29. The molecule has 0 aliphatic heterocycles. The Bertz CT molecular complexity index is 324. The average molecular weight is 218 g/mol. The molecule has 0 aromatic carbocycles. The molecule has 0 bridgehead atoms. The molecule has 0 radical (unpaired) electrons. The fourth-order valence-electron chi connectivity index (χ4n) is 3.38. The SMILES string of the molecule is CC1CC(C)CC(N)(Cc2ccncc2)C1. The van der Waals surface area contributed by atoms with Crippen molar-refractivity contribution >= 4 is 0 Å². The first kappa shape index (κ1) is 11.6. The van der Waals surface area contributed by atoms with E-state index in [1.165, 1.54) is 12.0 Å². The lowest BCUT2D eigenvalue weighted by molar-refractivity contribution is 0.182. The molecule has 2 heteroatoms. The van der Waals surface area contributed by atoms with E-state index < -0.39 is 0 Å². The van der Waals surface area contributed by atoms with E-state index in [1.807, 2.05) is 12.4 Å². The van der Waals surface area contributed by atoms with Crippen LogP contribution < -0.4 is 5.73 Å². The summed E-state index contributed by atoms with van der Waals surface area (Å²) in [6.07, 6.45) is 8.33. The van der Waals surface area contributed by atoms with E-state index in [0.717, 1.165) is 31.1 Å². The van der Waals surface area contributed by atoms with E-state index in [2.05, 4.69) is 31.0 Å². The van der Waals surface area contributed by atoms with E-state index in [1.54, 1.807) is 0 Å². The third kappa shape index (κ3) is 2.82. The van der Waals surface area contributed by atoms with Gasteiger partial charge in [0.25, 0.3) is 0 Å². The standard InChI is InChI=1S/C14H22N2/c1-11-7-12(2)9-14(15,8-11)10-13-3-5-16-6-4-13/h3-6,11-12H,7-10,15H2,1-2H3. The summed E-state index contributed by atoms with van der Waals surface area (Å²) in [7, 11) is 0. The molecule has 1 heterocycles. The number of nitrogens with two attached hydrogens (primary N) is 1. The summed E-state index contributed by atoms with van der Waals surface area (Å²) in [5.74, 6) is 1.52. The van der Waals surface area contributed by atoms with Crippen LogP contribution in [0.25, 0.3) is 0 Å². The number of aromatic nitrogens is 1. The van der Waals surface area contributed by atoms with Crippen molar-refractivity contribution in [2.75, 3.05) is 0 Å². The Morgan fingerprint density at radius 3 is 2.38 bits per heavy atom. The van der Waals surface area contributed by atoms with Gasteiger partial charge in [0.1, 0.15) is 0 Å². The quantitative estimate of drug-likeness (QED) is 0.829. The second-order valence-electron chi connectivity index (χ2n) is 5.75. The summed E-state index contributed by atoms with van der Waals surface area (Å²) in [5.41, 5.74) is 7.87. The molecule has 2 nitrogen and oxygen atoms in total. The van der Waals surface area contributed by atoms with Crippen molar-refractivity contribution in [2.24, 2.45) is 17.6 Å². The number of pyridine rings is 1. The molecule has 1 aliphatic rings. The van der Waals surface area contributed by atoms with E-state index in [9.17, 15) is 0 Å². The van der Waals surface area contributed by atoms with Crippen molar-refractivity contribution in [3.8, 4) is 0 Å². The van der Waals surface area contributed by atoms with Crippen LogP contribution in [0.2, 0.25) is 0 Å². The van der Waals surface area contributed by atoms with Gasteiger partial charge in [-0.3, -0.25) is 4.98 Å². The van der Waals surface area contributed by atoms with Gasteiger partial charge in [-0.1, -0.05) is 13.8 Å². The van der Waals surface area contributed by atoms with Crippen LogP contribution in [0.5, 0.6) is 0 Å². The Labute approximate surface area is 98.3 Å². The fraction of sp³-hybridized carbons (Fsp3) is 0.643. The molecule has 1 aliphatic carbocycles. The van der Waals surface area contributed by atoms with E-state index in [0.29, 0.717) is 0 Å². The van der Waals surface area contributed by atoms with Gasteiger partial charge in [0.15, 0.2) is 0 Å². The number of rotatable bonds is 2. The van der Waals surface area contributed by atoms with Gasteiger partial charge in [-0.05, 0) is 55.2 Å². The van der Waals surface area contributed by atoms with Gasteiger partial charge in [-0.15, -0.1) is 0 Å². The van der Waals surface area contributed by atoms with E-state index in [-0.39, 0.29) is 5.54 Å². The van der Waals surface area contributed by atoms with Gasteiger partial charge in [0.05, 0.1) is 0 Å². The van der Waals surface area contributed by atoms with Crippen LogP contribution in [0.1, 0.15) is 38.7 Å². The molecule has 0 spiro atoms. The molecule has 0 amide bonds. The predicted molar refractivity (Wildman–Crippen MR) is 67.0 cm³/mol. The largest absolute Gasteiger partial charge is 0.325 e. The van der Waals surface area contributed by atoms with Crippen LogP contribution in [0.15, 0.2) is 24.5 Å². The molecule has 2 rings (SSSR count). The molecular formula is C14H22N2. The summed E-state index contributed by atoms with van der Waals surface area (Å²) in [5, 5.41) is 0. The maximum Gasteiger partial charge on any atom is 0.0270 e. The maximum atomic E-state index is 6.55. The summed E-state index contributed by atoms with van der Waals surface area (Å²) in [6.45, 7) is 4.65. The van der Waals surface area contributed by atoms with Gasteiger partial charge in [0, 0.05) is 17.9 Å². The van der Waals surface area contributed by atoms with Crippen molar-refractivity contribution in [3.63, 3.8) is 0 Å². The monoisotopic (exact) mass is 218 g/mol. The first-order valence-electron chi connectivity index (χ1n) is 6.25. The van der Waals surface area contributed by atoms with Crippen molar-refractivity contribution < 1.29 is 0 Å². The molecule has 88 valence electrons. The van der Waals surface area contributed by atoms with E-state index in [4.69, 9.17) is 5.73 Å². The molecule has 2 N–H and O–H groups in total. The Morgan fingerprint density at radius 2 is 1.81 bits per heavy atom. The molecule has 2 atom stereocenters. The zero-order valence-corrected chi connectivity index (χ0v) is 10.3. The maximum absolute atomic E-state index is 6.55. The van der Waals surface area contributed by atoms with Crippen LogP contribution in [0.4, 0.5) is 0 Å². The highest BCUT2D eigenvalue weighted by molar-refractivity contribution is 5.14. The van der Waals surface area contributed by atoms with Gasteiger partial charge in [-0.25, -0.2) is 0 Å². The van der Waals surface area contributed by atoms with E-state index >= 15 is 0 Å².